The Morgan fingerprint density at radius 1 is 1.04 bits per heavy atom. The van der Waals surface area contributed by atoms with Gasteiger partial charge in [0, 0.05) is 12.1 Å². The van der Waals surface area contributed by atoms with Crippen LogP contribution in [0.3, 0.4) is 0 Å². The summed E-state index contributed by atoms with van der Waals surface area (Å²) < 4.78 is 13.5. The second kappa shape index (κ2) is 6.22. The van der Waals surface area contributed by atoms with Crippen molar-refractivity contribution in [2.45, 2.75) is 40.2 Å². The first-order valence-electron chi connectivity index (χ1n) is 9.39. The molecule has 0 saturated carbocycles. The summed E-state index contributed by atoms with van der Waals surface area (Å²) in [6.07, 6.45) is 2.68. The highest BCUT2D eigenvalue weighted by atomic mass is 19.1. The zero-order chi connectivity index (χ0) is 19.3. The maximum absolute atomic E-state index is 13.5. The van der Waals surface area contributed by atoms with Gasteiger partial charge in [0.1, 0.15) is 11.6 Å². The average molecular weight is 364 g/mol. The van der Waals surface area contributed by atoms with E-state index in [0.29, 0.717) is 6.42 Å². The van der Waals surface area contributed by atoms with Gasteiger partial charge in [0.05, 0.1) is 23.3 Å². The summed E-state index contributed by atoms with van der Waals surface area (Å²) in [5.41, 5.74) is 5.98. The zero-order valence-electron chi connectivity index (χ0n) is 16.2. The number of nitrogens with one attached hydrogen (secondary N) is 2. The van der Waals surface area contributed by atoms with E-state index >= 15 is 0 Å². The fraction of sp³-hybridized carbons (Fsp3) is 0.348. The van der Waals surface area contributed by atoms with E-state index in [1.165, 1.54) is 23.3 Å². The number of carbonyl (C=O) groups is 1. The summed E-state index contributed by atoms with van der Waals surface area (Å²) in [5.74, 6) is -0.395. The van der Waals surface area contributed by atoms with Gasteiger partial charge in [-0.05, 0) is 60.2 Å². The normalized spacial score (nSPS) is 23.3. The SMILES string of the molecule is Cc1cc2c(cc1C)NC(c1ccc(F)cc1)C1C(=O)CC(C)(C)C=C1N2. The summed E-state index contributed by atoms with van der Waals surface area (Å²) in [6, 6.07) is 10.4. The van der Waals surface area contributed by atoms with E-state index in [-0.39, 0.29) is 29.0 Å². The third-order valence-electron chi connectivity index (χ3n) is 5.64. The Bertz CT molecular complexity index is 944. The van der Waals surface area contributed by atoms with Crippen LogP contribution >= 0.6 is 0 Å². The molecular formula is C23H25FN2O. The molecule has 1 heterocycles. The van der Waals surface area contributed by atoms with Gasteiger partial charge in [-0.3, -0.25) is 4.79 Å². The van der Waals surface area contributed by atoms with E-state index < -0.39 is 0 Å². The molecule has 0 saturated heterocycles. The number of benzene rings is 2. The predicted molar refractivity (Wildman–Crippen MR) is 107 cm³/mol. The van der Waals surface area contributed by atoms with Crippen LogP contribution in [-0.2, 0) is 4.79 Å². The van der Waals surface area contributed by atoms with E-state index in [1.54, 1.807) is 12.1 Å². The molecule has 2 aromatic carbocycles. The second-order valence-electron chi connectivity index (χ2n) is 8.49. The summed E-state index contributed by atoms with van der Waals surface area (Å²) in [6.45, 7) is 8.34. The molecule has 0 fully saturated rings. The molecule has 2 aromatic rings. The van der Waals surface area contributed by atoms with Crippen molar-refractivity contribution in [1.82, 2.24) is 0 Å². The Labute approximate surface area is 159 Å². The standard InChI is InChI=1S/C23H25FN2O/c1-13-9-17-18(10-14(13)2)26-22(15-5-7-16(24)8-6-15)21-19(25-17)11-23(3,4)12-20(21)27/h5-11,21-22,25-26H,12H2,1-4H3. The van der Waals surface area contributed by atoms with Gasteiger partial charge >= 0.3 is 0 Å². The number of anilines is 2. The lowest BCUT2D eigenvalue weighted by Gasteiger charge is -2.35. The quantitative estimate of drug-likeness (QED) is 0.700. The lowest BCUT2D eigenvalue weighted by atomic mass is 9.72. The monoisotopic (exact) mass is 364 g/mol. The summed E-state index contributed by atoms with van der Waals surface area (Å²) in [4.78, 5) is 13.1. The minimum atomic E-state index is -0.323. The number of hydrogen-bond donors (Lipinski definition) is 2. The van der Waals surface area contributed by atoms with E-state index in [1.807, 2.05) is 0 Å². The van der Waals surface area contributed by atoms with Crippen LogP contribution < -0.4 is 10.6 Å². The van der Waals surface area contributed by atoms with Crippen molar-refractivity contribution in [2.24, 2.45) is 11.3 Å². The maximum atomic E-state index is 13.5. The number of allylic oxidation sites excluding steroid dienone is 1. The van der Waals surface area contributed by atoms with Crippen molar-refractivity contribution in [3.63, 3.8) is 0 Å². The Morgan fingerprint density at radius 2 is 1.67 bits per heavy atom. The molecule has 2 atom stereocenters. The van der Waals surface area contributed by atoms with E-state index in [4.69, 9.17) is 0 Å². The van der Waals surface area contributed by atoms with Gasteiger partial charge in [-0.25, -0.2) is 4.39 Å². The summed E-state index contributed by atoms with van der Waals surface area (Å²) in [7, 11) is 0. The molecule has 3 nitrogen and oxygen atoms in total. The summed E-state index contributed by atoms with van der Waals surface area (Å²) >= 11 is 0. The predicted octanol–water partition coefficient (Wildman–Crippen LogP) is 5.52. The second-order valence-corrected chi connectivity index (χ2v) is 8.49. The summed E-state index contributed by atoms with van der Waals surface area (Å²) in [5, 5.41) is 7.10. The Morgan fingerprint density at radius 3 is 2.33 bits per heavy atom. The Hall–Kier alpha value is -2.62. The minimum Gasteiger partial charge on any atom is -0.375 e. The third-order valence-corrected chi connectivity index (χ3v) is 5.64. The van der Waals surface area contributed by atoms with Crippen LogP contribution in [0.4, 0.5) is 15.8 Å². The maximum Gasteiger partial charge on any atom is 0.145 e. The molecule has 2 N–H and O–H groups in total. The average Bonchev–Trinajstić information content (AvgIpc) is 2.71. The largest absolute Gasteiger partial charge is 0.375 e. The van der Waals surface area contributed by atoms with Crippen LogP contribution in [0, 0.1) is 31.0 Å². The molecule has 0 amide bonds. The van der Waals surface area contributed by atoms with Gasteiger partial charge in [0.2, 0.25) is 0 Å². The van der Waals surface area contributed by atoms with Gasteiger partial charge < -0.3 is 10.6 Å². The smallest absolute Gasteiger partial charge is 0.145 e. The Kier molecular flexibility index (Phi) is 4.10. The van der Waals surface area contributed by atoms with Crippen LogP contribution in [0.1, 0.15) is 43.0 Å². The molecule has 0 aromatic heterocycles. The van der Waals surface area contributed by atoms with Crippen LogP contribution in [0.5, 0.6) is 0 Å². The number of fused-ring (bicyclic) bond motifs is 2. The van der Waals surface area contributed by atoms with Crippen molar-refractivity contribution in [2.75, 3.05) is 10.6 Å². The topological polar surface area (TPSA) is 41.1 Å². The number of carbonyl (C=O) groups excluding carboxylic acids is 1. The molecule has 4 heteroatoms. The fourth-order valence-electron chi connectivity index (χ4n) is 4.16. The molecule has 2 unspecified atom stereocenters. The van der Waals surface area contributed by atoms with Crippen LogP contribution in [0.15, 0.2) is 48.2 Å². The molecule has 1 aliphatic carbocycles. The lowest BCUT2D eigenvalue weighted by molar-refractivity contribution is -0.124. The number of ketones is 1. The van der Waals surface area contributed by atoms with Crippen molar-refractivity contribution in [1.29, 1.82) is 0 Å². The first kappa shape index (κ1) is 17.8. The van der Waals surface area contributed by atoms with Gasteiger partial charge in [-0.2, -0.15) is 0 Å². The molecular weight excluding hydrogens is 339 g/mol. The fourth-order valence-corrected chi connectivity index (χ4v) is 4.16. The highest BCUT2D eigenvalue weighted by Gasteiger charge is 2.41. The highest BCUT2D eigenvalue weighted by Crippen LogP contribution is 2.45. The van der Waals surface area contributed by atoms with E-state index in [0.717, 1.165) is 22.6 Å². The third kappa shape index (κ3) is 3.25. The molecule has 0 radical (unpaired) electrons. The zero-order valence-corrected chi connectivity index (χ0v) is 16.2. The molecule has 1 aliphatic heterocycles. The Balaban J connectivity index is 1.89. The van der Waals surface area contributed by atoms with Crippen molar-refractivity contribution >= 4 is 17.2 Å². The first-order valence-corrected chi connectivity index (χ1v) is 9.39. The molecule has 27 heavy (non-hydrogen) atoms. The number of aryl methyl sites for hydroxylation is 2. The van der Waals surface area contributed by atoms with E-state index in [9.17, 15) is 9.18 Å². The lowest BCUT2D eigenvalue weighted by Crippen LogP contribution is -2.36. The first-order chi connectivity index (χ1) is 12.7. The van der Waals surface area contributed by atoms with Crippen LogP contribution in [0.25, 0.3) is 0 Å². The minimum absolute atomic E-state index is 0.187. The van der Waals surface area contributed by atoms with Crippen molar-refractivity contribution in [3.05, 3.63) is 70.7 Å². The van der Waals surface area contributed by atoms with Gasteiger partial charge in [0.25, 0.3) is 0 Å². The molecule has 140 valence electrons. The molecule has 0 spiro atoms. The molecule has 0 bridgehead atoms. The van der Waals surface area contributed by atoms with E-state index in [2.05, 4.69) is 56.5 Å². The van der Waals surface area contributed by atoms with Gasteiger partial charge in [-0.15, -0.1) is 0 Å². The highest BCUT2D eigenvalue weighted by molar-refractivity contribution is 5.90. The number of Topliss-reactive ketones (excluding diaryl/α,β-unsaturated/α-hetero) is 1. The number of hydrogen-bond acceptors (Lipinski definition) is 3. The van der Waals surface area contributed by atoms with Gasteiger partial charge in [-0.1, -0.05) is 32.1 Å². The van der Waals surface area contributed by atoms with Crippen molar-refractivity contribution in [3.8, 4) is 0 Å². The number of halogens is 1. The number of rotatable bonds is 1. The molecule has 2 aliphatic rings. The molecule has 4 rings (SSSR count). The van der Waals surface area contributed by atoms with Crippen LogP contribution in [0.2, 0.25) is 0 Å². The van der Waals surface area contributed by atoms with Gasteiger partial charge in [0.15, 0.2) is 0 Å². The van der Waals surface area contributed by atoms with Crippen molar-refractivity contribution < 1.29 is 9.18 Å². The van der Waals surface area contributed by atoms with Crippen LogP contribution in [-0.4, -0.2) is 5.78 Å².